The third kappa shape index (κ3) is 4.37. The van der Waals surface area contributed by atoms with E-state index in [9.17, 15) is 0 Å². The number of hydrogen-bond acceptors (Lipinski definition) is 0. The van der Waals surface area contributed by atoms with Crippen LogP contribution in [0, 0.1) is 0 Å². The Hall–Kier alpha value is -1.17. The van der Waals surface area contributed by atoms with Gasteiger partial charge in [0.05, 0.1) is 7.85 Å². The van der Waals surface area contributed by atoms with Crippen molar-refractivity contribution in [1.82, 2.24) is 0 Å². The lowest BCUT2D eigenvalue weighted by Crippen LogP contribution is -2.30. The highest BCUT2D eigenvalue weighted by molar-refractivity contribution is 6.32. The molecule has 28 heavy (non-hydrogen) atoms. The Labute approximate surface area is 176 Å². The van der Waals surface area contributed by atoms with Gasteiger partial charge in [0.25, 0.3) is 0 Å². The van der Waals surface area contributed by atoms with E-state index in [4.69, 9.17) is 15.7 Å². The van der Waals surface area contributed by atoms with E-state index >= 15 is 0 Å². The van der Waals surface area contributed by atoms with Crippen LogP contribution in [0.2, 0.25) is 5.31 Å². The van der Waals surface area contributed by atoms with Crippen LogP contribution in [-0.2, 0) is 5.41 Å². The summed E-state index contributed by atoms with van der Waals surface area (Å²) in [6.07, 6.45) is 18.4. The number of rotatable bonds is 10. The maximum atomic E-state index is 6.63. The van der Waals surface area contributed by atoms with Crippen molar-refractivity contribution in [3.63, 3.8) is 0 Å². The summed E-state index contributed by atoms with van der Waals surface area (Å²) in [4.78, 5) is 0. The van der Waals surface area contributed by atoms with E-state index < -0.39 is 0 Å². The predicted octanol–water partition coefficient (Wildman–Crippen LogP) is 6.73. The van der Waals surface area contributed by atoms with Crippen molar-refractivity contribution < 1.29 is 0 Å². The highest BCUT2D eigenvalue weighted by Crippen LogP contribution is 2.58. The van der Waals surface area contributed by atoms with Gasteiger partial charge in [-0.05, 0) is 41.3 Å². The van der Waals surface area contributed by atoms with Gasteiger partial charge in [-0.1, -0.05) is 114 Å². The zero-order valence-corrected chi connectivity index (χ0v) is 18.3. The van der Waals surface area contributed by atoms with E-state index in [1.165, 1.54) is 80.9 Å². The Morgan fingerprint density at radius 1 is 0.929 bits per heavy atom. The summed E-state index contributed by atoms with van der Waals surface area (Å²) in [5.74, 6) is 0. The van der Waals surface area contributed by atoms with Gasteiger partial charge in [0.15, 0.2) is 0 Å². The third-order valence-corrected chi connectivity index (χ3v) is 6.85. The number of benzene rings is 1. The fraction of sp³-hybridized carbons (Fsp3) is 0.615. The molecule has 0 aliphatic heterocycles. The summed E-state index contributed by atoms with van der Waals surface area (Å²) in [6, 6.07) is 6.59. The Balaban J connectivity index is 2.01. The van der Waals surface area contributed by atoms with Gasteiger partial charge < -0.3 is 0 Å². The number of fused-ring (bicyclic) bond motifs is 2. The van der Waals surface area contributed by atoms with Gasteiger partial charge in [-0.25, -0.2) is 0 Å². The Bertz CT molecular complexity index is 727. The lowest BCUT2D eigenvalue weighted by molar-refractivity contribution is 0.378. The Morgan fingerprint density at radius 2 is 1.57 bits per heavy atom. The summed E-state index contributed by atoms with van der Waals surface area (Å²) in [5, 5.41) is -0.246. The van der Waals surface area contributed by atoms with E-state index in [1.807, 2.05) is 0 Å². The minimum absolute atomic E-state index is 0.132. The highest BCUT2D eigenvalue weighted by atomic mass is 14.5. The van der Waals surface area contributed by atoms with Gasteiger partial charge in [-0.3, -0.25) is 0 Å². The first-order valence-corrected chi connectivity index (χ1v) is 11.6. The predicted molar refractivity (Wildman–Crippen MR) is 126 cm³/mol. The molecule has 2 aliphatic carbocycles. The summed E-state index contributed by atoms with van der Waals surface area (Å²) in [6.45, 7) is 6.75. The molecular weight excluding hydrogens is 334 g/mol. The third-order valence-electron chi connectivity index (χ3n) is 6.85. The van der Waals surface area contributed by atoms with Crippen molar-refractivity contribution in [2.75, 3.05) is 0 Å². The Kier molecular flexibility index (Phi) is 7.00. The van der Waals surface area contributed by atoms with Crippen molar-refractivity contribution in [3.05, 3.63) is 47.1 Å². The quantitative estimate of drug-likeness (QED) is 0.316. The molecular formula is C26H36B2. The SMILES string of the molecule is [B]c1ccc2c(c1)C(CCCCCC)(CCCCCC)C1=C2C=C[C@]([B])(C)C1. The van der Waals surface area contributed by atoms with Crippen LogP contribution in [0.15, 0.2) is 35.9 Å². The first-order valence-electron chi connectivity index (χ1n) is 11.6. The van der Waals surface area contributed by atoms with Gasteiger partial charge in [0.1, 0.15) is 7.85 Å². The molecule has 0 saturated carbocycles. The molecule has 0 fully saturated rings. The molecule has 0 N–H and O–H groups in total. The molecule has 1 atom stereocenters. The van der Waals surface area contributed by atoms with Crippen molar-refractivity contribution in [2.45, 2.75) is 102 Å². The smallest absolute Gasteiger partial charge is 0.0963 e. The van der Waals surface area contributed by atoms with Crippen LogP contribution in [-0.4, -0.2) is 15.7 Å². The molecule has 146 valence electrons. The summed E-state index contributed by atoms with van der Waals surface area (Å²) < 4.78 is 0. The van der Waals surface area contributed by atoms with Crippen molar-refractivity contribution in [1.29, 1.82) is 0 Å². The van der Waals surface area contributed by atoms with Crippen molar-refractivity contribution in [2.24, 2.45) is 0 Å². The monoisotopic (exact) mass is 370 g/mol. The van der Waals surface area contributed by atoms with E-state index in [0.29, 0.717) is 0 Å². The number of unbranched alkanes of at least 4 members (excludes halogenated alkanes) is 6. The average molecular weight is 370 g/mol. The van der Waals surface area contributed by atoms with E-state index in [2.05, 4.69) is 51.1 Å². The van der Waals surface area contributed by atoms with Crippen molar-refractivity contribution >= 4 is 26.7 Å². The van der Waals surface area contributed by atoms with Gasteiger partial charge in [-0.15, -0.1) is 0 Å². The first-order chi connectivity index (χ1) is 13.4. The van der Waals surface area contributed by atoms with Gasteiger partial charge in [0.2, 0.25) is 0 Å². The maximum absolute atomic E-state index is 6.63. The largest absolute Gasteiger partial charge is 0.113 e. The molecule has 1 aromatic carbocycles. The van der Waals surface area contributed by atoms with Crippen LogP contribution in [0.5, 0.6) is 0 Å². The lowest BCUT2D eigenvalue weighted by Gasteiger charge is -2.39. The second-order valence-corrected chi connectivity index (χ2v) is 9.42. The number of allylic oxidation sites excluding steroid dienone is 4. The van der Waals surface area contributed by atoms with Gasteiger partial charge in [0, 0.05) is 5.41 Å². The van der Waals surface area contributed by atoms with Crippen LogP contribution in [0.4, 0.5) is 0 Å². The molecule has 0 aromatic heterocycles. The molecule has 3 rings (SSSR count). The Morgan fingerprint density at radius 3 is 2.18 bits per heavy atom. The molecule has 0 unspecified atom stereocenters. The summed E-state index contributed by atoms with van der Waals surface area (Å²) >= 11 is 0. The van der Waals surface area contributed by atoms with E-state index in [1.54, 1.807) is 5.57 Å². The zero-order valence-electron chi connectivity index (χ0n) is 18.3. The minimum atomic E-state index is -0.246. The van der Waals surface area contributed by atoms with Crippen LogP contribution in [0.3, 0.4) is 0 Å². The van der Waals surface area contributed by atoms with Crippen molar-refractivity contribution in [3.8, 4) is 0 Å². The van der Waals surface area contributed by atoms with Gasteiger partial charge >= 0.3 is 0 Å². The molecule has 0 nitrogen and oxygen atoms in total. The molecule has 4 radical (unpaired) electrons. The van der Waals surface area contributed by atoms with Crippen LogP contribution in [0.1, 0.15) is 103 Å². The normalized spacial score (nSPS) is 22.4. The first kappa shape index (κ1) is 21.5. The molecule has 0 spiro atoms. The van der Waals surface area contributed by atoms with Crippen LogP contribution in [0.25, 0.3) is 5.57 Å². The molecule has 0 saturated heterocycles. The molecule has 0 bridgehead atoms. The van der Waals surface area contributed by atoms with E-state index in [-0.39, 0.29) is 10.7 Å². The maximum Gasteiger partial charge on any atom is 0.113 e. The molecule has 1 aromatic rings. The fourth-order valence-corrected chi connectivity index (χ4v) is 5.35. The fourth-order valence-electron chi connectivity index (χ4n) is 5.35. The highest BCUT2D eigenvalue weighted by Gasteiger charge is 2.45. The lowest BCUT2D eigenvalue weighted by atomic mass is 9.59. The summed E-state index contributed by atoms with van der Waals surface area (Å²) in [5.41, 5.74) is 6.93. The van der Waals surface area contributed by atoms with E-state index in [0.717, 1.165) is 11.9 Å². The molecule has 2 heteroatoms. The molecule has 0 heterocycles. The zero-order chi connectivity index (χ0) is 20.2. The second-order valence-electron chi connectivity index (χ2n) is 9.42. The topological polar surface area (TPSA) is 0 Å². The molecule has 2 aliphatic rings. The molecule has 0 amide bonds. The number of hydrogen-bond donors (Lipinski definition) is 0. The minimum Gasteiger partial charge on any atom is -0.0963 e. The van der Waals surface area contributed by atoms with Crippen LogP contribution >= 0.6 is 0 Å². The van der Waals surface area contributed by atoms with Gasteiger partial charge in [-0.2, -0.15) is 0 Å². The summed E-state index contributed by atoms with van der Waals surface area (Å²) in [7, 11) is 12.9. The standard InChI is InChI=1S/C26H36B2/c1-4-6-8-10-15-26(16-11-9-7-5-2)23-18-20(27)12-13-21(23)22-14-17-25(3,28)19-24(22)26/h12-14,17-18H,4-11,15-16,19H2,1-3H3/t25-/m1/s1. The second kappa shape index (κ2) is 9.10. The van der Waals surface area contributed by atoms with Crippen LogP contribution < -0.4 is 5.46 Å². The average Bonchev–Trinajstić information content (AvgIpc) is 2.90.